The molecule has 16 heavy (non-hydrogen) atoms. The SMILES string of the molecule is CCCSCCc1cc(C(C)(C)C)ncn1. The zero-order valence-electron chi connectivity index (χ0n) is 10.8. The van der Waals surface area contributed by atoms with E-state index < -0.39 is 0 Å². The van der Waals surface area contributed by atoms with Crippen molar-refractivity contribution >= 4 is 11.8 Å². The van der Waals surface area contributed by atoms with Gasteiger partial charge in [-0.3, -0.25) is 0 Å². The highest BCUT2D eigenvalue weighted by atomic mass is 32.2. The van der Waals surface area contributed by atoms with Gasteiger partial charge < -0.3 is 0 Å². The molecule has 0 spiro atoms. The number of nitrogens with zero attached hydrogens (tertiary/aromatic N) is 2. The molecule has 0 unspecified atom stereocenters. The van der Waals surface area contributed by atoms with Crippen LogP contribution in [0.3, 0.4) is 0 Å². The van der Waals surface area contributed by atoms with Crippen LogP contribution in [0.15, 0.2) is 12.4 Å². The first-order valence-corrected chi connectivity index (χ1v) is 7.08. The van der Waals surface area contributed by atoms with Crippen molar-refractivity contribution in [3.8, 4) is 0 Å². The van der Waals surface area contributed by atoms with Gasteiger partial charge >= 0.3 is 0 Å². The first kappa shape index (κ1) is 13.5. The number of hydrogen-bond acceptors (Lipinski definition) is 3. The normalized spacial score (nSPS) is 11.8. The lowest BCUT2D eigenvalue weighted by Gasteiger charge is -2.17. The third kappa shape index (κ3) is 4.52. The number of aryl methyl sites for hydroxylation is 1. The van der Waals surface area contributed by atoms with Crippen LogP contribution in [0.1, 0.15) is 45.5 Å². The van der Waals surface area contributed by atoms with Crippen LogP contribution in [-0.4, -0.2) is 21.5 Å². The molecule has 0 saturated heterocycles. The summed E-state index contributed by atoms with van der Waals surface area (Å²) in [5.41, 5.74) is 2.43. The van der Waals surface area contributed by atoms with E-state index >= 15 is 0 Å². The Kier molecular flexibility index (Phi) is 5.26. The smallest absolute Gasteiger partial charge is 0.115 e. The van der Waals surface area contributed by atoms with E-state index in [9.17, 15) is 0 Å². The van der Waals surface area contributed by atoms with Gasteiger partial charge in [0.05, 0.1) is 0 Å². The quantitative estimate of drug-likeness (QED) is 0.735. The predicted octanol–water partition coefficient (Wildman–Crippen LogP) is 3.46. The lowest BCUT2D eigenvalue weighted by Crippen LogP contribution is -2.14. The van der Waals surface area contributed by atoms with E-state index in [4.69, 9.17) is 0 Å². The fourth-order valence-electron chi connectivity index (χ4n) is 1.37. The van der Waals surface area contributed by atoms with Gasteiger partial charge in [0.2, 0.25) is 0 Å². The van der Waals surface area contributed by atoms with Crippen LogP contribution in [0.5, 0.6) is 0 Å². The molecular weight excluding hydrogens is 216 g/mol. The largest absolute Gasteiger partial charge is 0.241 e. The molecule has 0 aliphatic carbocycles. The van der Waals surface area contributed by atoms with Gasteiger partial charge in [0.15, 0.2) is 0 Å². The van der Waals surface area contributed by atoms with Gasteiger partial charge in [0.25, 0.3) is 0 Å². The van der Waals surface area contributed by atoms with Gasteiger partial charge in [-0.2, -0.15) is 11.8 Å². The monoisotopic (exact) mass is 238 g/mol. The van der Waals surface area contributed by atoms with Crippen molar-refractivity contribution in [2.45, 2.75) is 46.0 Å². The number of thioether (sulfide) groups is 1. The molecule has 0 radical (unpaired) electrons. The zero-order valence-corrected chi connectivity index (χ0v) is 11.6. The standard InChI is InChI=1S/C13H22N2S/c1-5-7-16-8-6-11-9-12(13(2,3)4)15-10-14-11/h9-10H,5-8H2,1-4H3. The molecule has 1 heterocycles. The zero-order chi connectivity index (χ0) is 12.0. The van der Waals surface area contributed by atoms with E-state index in [1.54, 1.807) is 6.33 Å². The molecule has 0 fully saturated rings. The molecule has 0 N–H and O–H groups in total. The van der Waals surface area contributed by atoms with E-state index in [0.29, 0.717) is 0 Å². The van der Waals surface area contributed by atoms with Gasteiger partial charge in [0.1, 0.15) is 6.33 Å². The first-order chi connectivity index (χ1) is 7.54. The number of hydrogen-bond donors (Lipinski definition) is 0. The molecule has 1 rings (SSSR count). The fraction of sp³-hybridized carbons (Fsp3) is 0.692. The first-order valence-electron chi connectivity index (χ1n) is 5.93. The van der Waals surface area contributed by atoms with Crippen LogP contribution in [0.4, 0.5) is 0 Å². The summed E-state index contributed by atoms with van der Waals surface area (Å²) in [6.07, 6.45) is 4.00. The summed E-state index contributed by atoms with van der Waals surface area (Å²) in [6, 6.07) is 2.15. The third-order valence-electron chi connectivity index (χ3n) is 2.34. The second kappa shape index (κ2) is 6.24. The molecule has 3 heteroatoms. The summed E-state index contributed by atoms with van der Waals surface area (Å²) in [4.78, 5) is 8.66. The van der Waals surface area contributed by atoms with E-state index in [0.717, 1.165) is 17.9 Å². The topological polar surface area (TPSA) is 25.8 Å². The van der Waals surface area contributed by atoms with Crippen LogP contribution in [0, 0.1) is 0 Å². The molecule has 0 aliphatic rings. The summed E-state index contributed by atoms with van der Waals surface area (Å²) in [6.45, 7) is 8.77. The number of aromatic nitrogens is 2. The van der Waals surface area contributed by atoms with E-state index in [-0.39, 0.29) is 5.41 Å². The molecule has 0 aromatic carbocycles. The van der Waals surface area contributed by atoms with Gasteiger partial charge in [-0.25, -0.2) is 9.97 Å². The van der Waals surface area contributed by atoms with Crippen molar-refractivity contribution < 1.29 is 0 Å². The Balaban J connectivity index is 2.54. The molecular formula is C13H22N2S. The minimum atomic E-state index is 0.119. The van der Waals surface area contributed by atoms with Crippen LogP contribution < -0.4 is 0 Å². The van der Waals surface area contributed by atoms with Crippen molar-refractivity contribution in [3.05, 3.63) is 23.8 Å². The van der Waals surface area contributed by atoms with E-state index in [1.807, 2.05) is 11.8 Å². The average molecular weight is 238 g/mol. The average Bonchev–Trinajstić information content (AvgIpc) is 2.24. The second-order valence-electron chi connectivity index (χ2n) is 5.01. The van der Waals surface area contributed by atoms with Crippen molar-refractivity contribution in [2.24, 2.45) is 0 Å². The molecule has 0 bridgehead atoms. The van der Waals surface area contributed by atoms with Crippen molar-refractivity contribution in [3.63, 3.8) is 0 Å². The highest BCUT2D eigenvalue weighted by Gasteiger charge is 2.15. The van der Waals surface area contributed by atoms with Crippen molar-refractivity contribution in [1.82, 2.24) is 9.97 Å². The summed E-state index contributed by atoms with van der Waals surface area (Å²) in [7, 11) is 0. The fourth-order valence-corrected chi connectivity index (χ4v) is 2.21. The van der Waals surface area contributed by atoms with Gasteiger partial charge in [-0.05, 0) is 30.4 Å². The number of rotatable bonds is 5. The van der Waals surface area contributed by atoms with Gasteiger partial charge in [-0.15, -0.1) is 0 Å². The van der Waals surface area contributed by atoms with Crippen LogP contribution in [-0.2, 0) is 11.8 Å². The molecule has 2 nitrogen and oxygen atoms in total. The lowest BCUT2D eigenvalue weighted by atomic mass is 9.91. The molecule has 0 aliphatic heterocycles. The molecule has 0 saturated carbocycles. The maximum Gasteiger partial charge on any atom is 0.115 e. The highest BCUT2D eigenvalue weighted by molar-refractivity contribution is 7.99. The lowest BCUT2D eigenvalue weighted by molar-refractivity contribution is 0.565. The Morgan fingerprint density at radius 1 is 1.19 bits per heavy atom. The van der Waals surface area contributed by atoms with Crippen molar-refractivity contribution in [1.29, 1.82) is 0 Å². The Hall–Kier alpha value is -0.570. The van der Waals surface area contributed by atoms with Gasteiger partial charge in [-0.1, -0.05) is 27.7 Å². The minimum absolute atomic E-state index is 0.119. The molecule has 0 atom stereocenters. The maximum absolute atomic E-state index is 4.34. The van der Waals surface area contributed by atoms with E-state index in [2.05, 4.69) is 43.7 Å². The Bertz CT molecular complexity index is 318. The molecule has 1 aromatic heterocycles. The summed E-state index contributed by atoms with van der Waals surface area (Å²) >= 11 is 2.00. The highest BCUT2D eigenvalue weighted by Crippen LogP contribution is 2.20. The Morgan fingerprint density at radius 2 is 1.94 bits per heavy atom. The molecule has 0 amide bonds. The van der Waals surface area contributed by atoms with Crippen molar-refractivity contribution in [2.75, 3.05) is 11.5 Å². The summed E-state index contributed by atoms with van der Waals surface area (Å²) in [5.74, 6) is 2.41. The van der Waals surface area contributed by atoms with Crippen LogP contribution in [0.25, 0.3) is 0 Å². The summed E-state index contributed by atoms with van der Waals surface area (Å²) in [5, 5.41) is 0. The van der Waals surface area contributed by atoms with E-state index in [1.165, 1.54) is 17.9 Å². The van der Waals surface area contributed by atoms with Gasteiger partial charge in [0, 0.05) is 16.8 Å². The predicted molar refractivity (Wildman–Crippen MR) is 72.1 cm³/mol. The summed E-state index contributed by atoms with van der Waals surface area (Å²) < 4.78 is 0. The second-order valence-corrected chi connectivity index (χ2v) is 6.23. The Labute approximate surface area is 103 Å². The van der Waals surface area contributed by atoms with Crippen LogP contribution in [0.2, 0.25) is 0 Å². The Morgan fingerprint density at radius 3 is 2.56 bits per heavy atom. The molecule has 90 valence electrons. The minimum Gasteiger partial charge on any atom is -0.241 e. The van der Waals surface area contributed by atoms with Crippen LogP contribution >= 0.6 is 11.8 Å². The maximum atomic E-state index is 4.34. The molecule has 1 aromatic rings. The third-order valence-corrected chi connectivity index (χ3v) is 3.53.